The van der Waals surface area contributed by atoms with Crippen molar-refractivity contribution in [2.24, 2.45) is 0 Å². The van der Waals surface area contributed by atoms with Gasteiger partial charge in [-0.15, -0.1) is 0 Å². The van der Waals surface area contributed by atoms with Gasteiger partial charge in [0.15, 0.2) is 5.69 Å². The number of anilines is 1. The van der Waals surface area contributed by atoms with Gasteiger partial charge in [0.2, 0.25) is 0 Å². The summed E-state index contributed by atoms with van der Waals surface area (Å²) in [4.78, 5) is 7.24. The Bertz CT molecular complexity index is 512. The largest absolute Gasteiger partial charge is 0.434 e. The summed E-state index contributed by atoms with van der Waals surface area (Å²) in [6.07, 6.45) is 0.326. The first kappa shape index (κ1) is 15.6. The predicted molar refractivity (Wildman–Crippen MR) is 74.7 cm³/mol. The van der Waals surface area contributed by atoms with Crippen LogP contribution in [-0.4, -0.2) is 21.5 Å². The van der Waals surface area contributed by atoms with E-state index in [4.69, 9.17) is 0 Å². The van der Waals surface area contributed by atoms with Crippen molar-refractivity contribution in [1.82, 2.24) is 15.3 Å². The Kier molecular flexibility index (Phi) is 4.11. The summed E-state index contributed by atoms with van der Waals surface area (Å²) in [7, 11) is 0. The minimum Gasteiger partial charge on any atom is -0.384 e. The van der Waals surface area contributed by atoms with Crippen molar-refractivity contribution in [1.29, 1.82) is 0 Å². The van der Waals surface area contributed by atoms with Gasteiger partial charge in [-0.05, 0) is 33.1 Å². The van der Waals surface area contributed by atoms with E-state index in [1.807, 2.05) is 13.8 Å². The van der Waals surface area contributed by atoms with Crippen LogP contribution in [0, 0.1) is 0 Å². The molecule has 0 bridgehead atoms. The standard InChI is InChI=1S/C14H19F3N4/c1-9(2)20-10-5-4-6-13(10,3)21-12-8-18-11(7-19-12)14(15,16)17/h7-8,10,20H,1,4-6H2,2-3H3,(H,19,21). The summed E-state index contributed by atoms with van der Waals surface area (Å²) >= 11 is 0. The van der Waals surface area contributed by atoms with Gasteiger partial charge in [-0.2, -0.15) is 13.2 Å². The van der Waals surface area contributed by atoms with Gasteiger partial charge >= 0.3 is 6.18 Å². The molecular formula is C14H19F3N4. The Hall–Kier alpha value is -1.79. The van der Waals surface area contributed by atoms with Gasteiger partial charge in [0, 0.05) is 11.7 Å². The summed E-state index contributed by atoms with van der Waals surface area (Å²) in [5.41, 5.74) is -0.400. The first-order valence-corrected chi connectivity index (χ1v) is 6.80. The van der Waals surface area contributed by atoms with Crippen LogP contribution in [0.5, 0.6) is 0 Å². The topological polar surface area (TPSA) is 49.8 Å². The number of hydrogen-bond donors (Lipinski definition) is 2. The van der Waals surface area contributed by atoms with Crippen LogP contribution in [0.2, 0.25) is 0 Å². The van der Waals surface area contributed by atoms with E-state index < -0.39 is 11.9 Å². The zero-order valence-electron chi connectivity index (χ0n) is 12.1. The van der Waals surface area contributed by atoms with Crippen molar-refractivity contribution in [2.45, 2.75) is 50.9 Å². The molecule has 21 heavy (non-hydrogen) atoms. The van der Waals surface area contributed by atoms with E-state index in [2.05, 4.69) is 27.2 Å². The third kappa shape index (κ3) is 3.65. The number of halogens is 3. The second-order valence-electron chi connectivity index (χ2n) is 5.70. The molecule has 1 aromatic rings. The predicted octanol–water partition coefficient (Wildman–Crippen LogP) is 3.34. The van der Waals surface area contributed by atoms with Crippen molar-refractivity contribution in [2.75, 3.05) is 5.32 Å². The Morgan fingerprint density at radius 3 is 2.62 bits per heavy atom. The van der Waals surface area contributed by atoms with Gasteiger partial charge in [-0.25, -0.2) is 9.97 Å². The van der Waals surface area contributed by atoms with Crippen LogP contribution in [0.15, 0.2) is 24.7 Å². The first-order valence-electron chi connectivity index (χ1n) is 6.80. The highest BCUT2D eigenvalue weighted by Crippen LogP contribution is 2.33. The number of nitrogens with zero attached hydrogens (tertiary/aromatic N) is 2. The summed E-state index contributed by atoms with van der Waals surface area (Å²) in [6.45, 7) is 7.75. The van der Waals surface area contributed by atoms with Crippen molar-refractivity contribution < 1.29 is 13.2 Å². The lowest BCUT2D eigenvalue weighted by molar-refractivity contribution is -0.141. The van der Waals surface area contributed by atoms with Crippen molar-refractivity contribution >= 4 is 5.82 Å². The SMILES string of the molecule is C=C(C)NC1CCCC1(C)Nc1cnc(C(F)(F)F)cn1. The maximum atomic E-state index is 12.5. The lowest BCUT2D eigenvalue weighted by atomic mass is 9.95. The van der Waals surface area contributed by atoms with Crippen LogP contribution in [0.25, 0.3) is 0 Å². The fraction of sp³-hybridized carbons (Fsp3) is 0.571. The number of allylic oxidation sites excluding steroid dienone is 1. The summed E-state index contributed by atoms with van der Waals surface area (Å²) < 4.78 is 37.4. The molecular weight excluding hydrogens is 281 g/mol. The Morgan fingerprint density at radius 1 is 1.38 bits per heavy atom. The molecule has 0 spiro atoms. The molecule has 2 atom stereocenters. The molecule has 0 saturated heterocycles. The zero-order chi connectivity index (χ0) is 15.7. The van der Waals surface area contributed by atoms with Crippen LogP contribution in [0.1, 0.15) is 38.8 Å². The number of alkyl halides is 3. The average molecular weight is 300 g/mol. The molecule has 116 valence electrons. The van der Waals surface area contributed by atoms with Gasteiger partial charge in [0.25, 0.3) is 0 Å². The molecule has 7 heteroatoms. The molecule has 1 fully saturated rings. The van der Waals surface area contributed by atoms with Crippen molar-refractivity contribution in [3.05, 3.63) is 30.4 Å². The Balaban J connectivity index is 2.11. The van der Waals surface area contributed by atoms with Gasteiger partial charge in [-0.3, -0.25) is 0 Å². The number of aromatic nitrogens is 2. The second kappa shape index (κ2) is 5.54. The van der Waals surface area contributed by atoms with E-state index in [-0.39, 0.29) is 11.6 Å². The minimum atomic E-state index is -4.47. The van der Waals surface area contributed by atoms with E-state index in [0.717, 1.165) is 37.4 Å². The van der Waals surface area contributed by atoms with E-state index in [1.54, 1.807) is 0 Å². The third-order valence-corrected chi connectivity index (χ3v) is 3.73. The van der Waals surface area contributed by atoms with Crippen molar-refractivity contribution in [3.8, 4) is 0 Å². The van der Waals surface area contributed by atoms with Crippen LogP contribution in [0.4, 0.5) is 19.0 Å². The molecule has 2 N–H and O–H groups in total. The van der Waals surface area contributed by atoms with Crippen LogP contribution in [-0.2, 0) is 6.18 Å². The molecule has 0 aromatic carbocycles. The molecule has 0 aliphatic heterocycles. The maximum Gasteiger partial charge on any atom is 0.434 e. The van der Waals surface area contributed by atoms with E-state index in [0.29, 0.717) is 5.82 Å². The quantitative estimate of drug-likeness (QED) is 0.895. The number of rotatable bonds is 4. The molecule has 0 radical (unpaired) electrons. The lowest BCUT2D eigenvalue weighted by Gasteiger charge is -2.34. The van der Waals surface area contributed by atoms with Crippen molar-refractivity contribution in [3.63, 3.8) is 0 Å². The lowest BCUT2D eigenvalue weighted by Crippen LogP contribution is -2.49. The Morgan fingerprint density at radius 2 is 2.10 bits per heavy atom. The number of nitrogens with one attached hydrogen (secondary N) is 2. The molecule has 1 heterocycles. The highest BCUT2D eigenvalue weighted by Gasteiger charge is 2.39. The zero-order valence-corrected chi connectivity index (χ0v) is 12.1. The average Bonchev–Trinajstić information content (AvgIpc) is 2.69. The maximum absolute atomic E-state index is 12.5. The number of hydrogen-bond acceptors (Lipinski definition) is 4. The fourth-order valence-corrected chi connectivity index (χ4v) is 2.68. The summed E-state index contributed by atoms with van der Waals surface area (Å²) in [5, 5.41) is 6.51. The van der Waals surface area contributed by atoms with Crippen LogP contribution in [0.3, 0.4) is 0 Å². The highest BCUT2D eigenvalue weighted by molar-refractivity contribution is 5.37. The van der Waals surface area contributed by atoms with Gasteiger partial charge in [-0.1, -0.05) is 6.58 Å². The van der Waals surface area contributed by atoms with E-state index in [9.17, 15) is 13.2 Å². The van der Waals surface area contributed by atoms with Gasteiger partial charge in [0.1, 0.15) is 5.82 Å². The first-order chi connectivity index (χ1) is 9.71. The minimum absolute atomic E-state index is 0.166. The molecule has 1 aromatic heterocycles. The molecule has 1 aliphatic carbocycles. The molecule has 0 amide bonds. The monoisotopic (exact) mass is 300 g/mol. The van der Waals surface area contributed by atoms with Crippen LogP contribution < -0.4 is 10.6 Å². The summed E-state index contributed by atoms with van der Waals surface area (Å²) in [6, 6.07) is 0.166. The van der Waals surface area contributed by atoms with E-state index >= 15 is 0 Å². The fourth-order valence-electron chi connectivity index (χ4n) is 2.68. The van der Waals surface area contributed by atoms with Gasteiger partial charge in [0.05, 0.1) is 17.9 Å². The summed E-state index contributed by atoms with van der Waals surface area (Å²) in [5.74, 6) is 0.348. The molecule has 1 aliphatic rings. The molecule has 2 unspecified atom stereocenters. The highest BCUT2D eigenvalue weighted by atomic mass is 19.4. The smallest absolute Gasteiger partial charge is 0.384 e. The Labute approximate surface area is 121 Å². The molecule has 1 saturated carbocycles. The van der Waals surface area contributed by atoms with Crippen LogP contribution >= 0.6 is 0 Å². The molecule has 4 nitrogen and oxygen atoms in total. The molecule has 2 rings (SSSR count). The normalized spacial score (nSPS) is 25.7. The third-order valence-electron chi connectivity index (χ3n) is 3.73. The second-order valence-corrected chi connectivity index (χ2v) is 5.70. The van der Waals surface area contributed by atoms with Gasteiger partial charge < -0.3 is 10.6 Å². The van der Waals surface area contributed by atoms with E-state index in [1.165, 1.54) is 0 Å².